The highest BCUT2D eigenvalue weighted by atomic mass is 35.5. The molecule has 0 aromatic carbocycles. The van der Waals surface area contributed by atoms with Crippen LogP contribution in [0.2, 0.25) is 0 Å². The molecule has 0 spiro atoms. The predicted molar refractivity (Wildman–Crippen MR) is 77.5 cm³/mol. The van der Waals surface area contributed by atoms with Crippen molar-refractivity contribution in [2.75, 3.05) is 38.2 Å². The minimum absolute atomic E-state index is 0. The first-order valence-corrected chi connectivity index (χ1v) is 9.18. The molecule has 0 saturated carbocycles. The second-order valence-corrected chi connectivity index (χ2v) is 8.52. The monoisotopic (exact) mass is 335 g/mol. The van der Waals surface area contributed by atoms with Crippen LogP contribution >= 0.6 is 12.4 Å². The molecule has 0 amide bonds. The van der Waals surface area contributed by atoms with Crippen LogP contribution in [0.25, 0.3) is 0 Å². The Balaban J connectivity index is 0.00000324. The lowest BCUT2D eigenvalue weighted by Crippen LogP contribution is -2.42. The summed E-state index contributed by atoms with van der Waals surface area (Å²) in [5.74, 6) is -0.255. The van der Waals surface area contributed by atoms with Gasteiger partial charge in [-0.05, 0) is 19.9 Å². The molecule has 0 aromatic rings. The van der Waals surface area contributed by atoms with Crippen molar-refractivity contribution < 1.29 is 16.8 Å². The third-order valence-corrected chi connectivity index (χ3v) is 6.35. The molecule has 1 aliphatic rings. The van der Waals surface area contributed by atoms with Gasteiger partial charge in [0, 0.05) is 26.2 Å². The van der Waals surface area contributed by atoms with Crippen molar-refractivity contribution in [3.05, 3.63) is 0 Å². The summed E-state index contributed by atoms with van der Waals surface area (Å²) in [4.78, 5) is 0. The van der Waals surface area contributed by atoms with Crippen LogP contribution in [0.5, 0.6) is 0 Å². The molecule has 1 aliphatic heterocycles. The molecule has 116 valence electrons. The number of likely N-dealkylation sites (N-methyl/N-ethyl adjacent to an activating group) is 1. The van der Waals surface area contributed by atoms with Crippen LogP contribution in [0, 0.1) is 0 Å². The molecule has 7 nitrogen and oxygen atoms in total. The highest BCUT2D eigenvalue weighted by Gasteiger charge is 2.28. The van der Waals surface area contributed by atoms with E-state index in [9.17, 15) is 16.8 Å². The molecule has 1 heterocycles. The number of halogens is 1. The fraction of sp³-hybridized carbons (Fsp3) is 1.00. The quantitative estimate of drug-likeness (QED) is 0.620. The van der Waals surface area contributed by atoms with Crippen molar-refractivity contribution in [3.63, 3.8) is 0 Å². The van der Waals surface area contributed by atoms with E-state index >= 15 is 0 Å². The summed E-state index contributed by atoms with van der Waals surface area (Å²) in [6.07, 6.45) is 0.788. The third kappa shape index (κ3) is 5.92. The number of hydrogen-bond donors (Lipinski definition) is 2. The summed E-state index contributed by atoms with van der Waals surface area (Å²) < 4.78 is 49.9. The van der Waals surface area contributed by atoms with Crippen LogP contribution < -0.4 is 10.0 Å². The van der Waals surface area contributed by atoms with Crippen molar-refractivity contribution in [1.29, 1.82) is 0 Å². The normalized spacial score (nSPS) is 20.5. The van der Waals surface area contributed by atoms with Gasteiger partial charge >= 0.3 is 0 Å². The Morgan fingerprint density at radius 3 is 2.42 bits per heavy atom. The Bertz CT molecular complexity index is 460. The number of hydrogen-bond acceptors (Lipinski definition) is 5. The van der Waals surface area contributed by atoms with Gasteiger partial charge in [0.1, 0.15) is 0 Å². The molecule has 10 heteroatoms. The lowest BCUT2D eigenvalue weighted by molar-refractivity contribution is 0.388. The topological polar surface area (TPSA) is 95.6 Å². The lowest BCUT2D eigenvalue weighted by Gasteiger charge is -2.23. The summed E-state index contributed by atoms with van der Waals surface area (Å²) in [5.41, 5.74) is 0. The molecular weight excluding hydrogens is 314 g/mol. The van der Waals surface area contributed by atoms with Crippen molar-refractivity contribution in [3.8, 4) is 0 Å². The van der Waals surface area contributed by atoms with E-state index in [4.69, 9.17) is 0 Å². The molecule has 1 atom stereocenters. The van der Waals surface area contributed by atoms with E-state index in [1.807, 2.05) is 0 Å². The van der Waals surface area contributed by atoms with Gasteiger partial charge in [-0.2, -0.15) is 0 Å². The van der Waals surface area contributed by atoms with Crippen molar-refractivity contribution in [2.45, 2.75) is 19.4 Å². The van der Waals surface area contributed by atoms with Gasteiger partial charge in [-0.1, -0.05) is 0 Å². The smallest absolute Gasteiger partial charge is 0.215 e. The summed E-state index contributed by atoms with van der Waals surface area (Å²) in [6, 6.07) is -0.0298. The van der Waals surface area contributed by atoms with Gasteiger partial charge in [0.2, 0.25) is 20.0 Å². The largest absolute Gasteiger partial charge is 0.315 e. The van der Waals surface area contributed by atoms with Crippen LogP contribution in [0.1, 0.15) is 13.3 Å². The summed E-state index contributed by atoms with van der Waals surface area (Å²) >= 11 is 0. The zero-order chi connectivity index (χ0) is 13.8. The first kappa shape index (κ1) is 19.1. The molecule has 1 saturated heterocycles. The Morgan fingerprint density at radius 1 is 1.32 bits per heavy atom. The van der Waals surface area contributed by atoms with E-state index in [2.05, 4.69) is 10.0 Å². The van der Waals surface area contributed by atoms with E-state index < -0.39 is 20.0 Å². The van der Waals surface area contributed by atoms with Crippen LogP contribution in [-0.4, -0.2) is 65.4 Å². The maximum absolute atomic E-state index is 12.0. The van der Waals surface area contributed by atoms with Crippen molar-refractivity contribution in [1.82, 2.24) is 14.3 Å². The van der Waals surface area contributed by atoms with Gasteiger partial charge in [0.05, 0.1) is 11.5 Å². The average Bonchev–Trinajstić information content (AvgIpc) is 2.80. The molecule has 0 aliphatic carbocycles. The maximum atomic E-state index is 12.0. The second-order valence-electron chi connectivity index (χ2n) is 4.28. The van der Waals surface area contributed by atoms with E-state index in [1.165, 1.54) is 11.2 Å². The molecule has 0 bridgehead atoms. The van der Waals surface area contributed by atoms with Gasteiger partial charge in [-0.15, -0.1) is 12.4 Å². The van der Waals surface area contributed by atoms with Gasteiger partial charge in [0.25, 0.3) is 0 Å². The minimum Gasteiger partial charge on any atom is -0.315 e. The predicted octanol–water partition coefficient (Wildman–Crippen LogP) is -1.03. The standard InChI is InChI=1S/C9H21N3O4S2.ClH/c1-3-17(13,14)11-6-7-18(15,16)12(2)9-4-5-10-8-9;/h9-11H,3-8H2,1-2H3;1H. The zero-order valence-corrected chi connectivity index (χ0v) is 13.6. The highest BCUT2D eigenvalue weighted by Crippen LogP contribution is 2.11. The molecule has 1 fully saturated rings. The number of nitrogens with zero attached hydrogens (tertiary/aromatic N) is 1. The lowest BCUT2D eigenvalue weighted by atomic mass is 10.3. The highest BCUT2D eigenvalue weighted by molar-refractivity contribution is 7.90. The fourth-order valence-corrected chi connectivity index (χ4v) is 3.78. The Hall–Kier alpha value is 0.0700. The van der Waals surface area contributed by atoms with E-state index in [-0.39, 0.29) is 36.5 Å². The summed E-state index contributed by atoms with van der Waals surface area (Å²) in [6.45, 7) is 2.89. The fourth-order valence-electron chi connectivity index (χ4n) is 1.75. The summed E-state index contributed by atoms with van der Waals surface area (Å²) in [7, 11) is -5.20. The van der Waals surface area contributed by atoms with Crippen LogP contribution in [0.15, 0.2) is 0 Å². The van der Waals surface area contributed by atoms with E-state index in [1.54, 1.807) is 7.05 Å². The van der Waals surface area contributed by atoms with E-state index in [0.29, 0.717) is 6.54 Å². The first-order chi connectivity index (χ1) is 8.28. The van der Waals surface area contributed by atoms with Crippen LogP contribution in [0.4, 0.5) is 0 Å². The molecule has 2 N–H and O–H groups in total. The van der Waals surface area contributed by atoms with Gasteiger partial charge < -0.3 is 5.32 Å². The van der Waals surface area contributed by atoms with E-state index in [0.717, 1.165) is 13.0 Å². The SMILES string of the molecule is CCS(=O)(=O)NCCS(=O)(=O)N(C)C1CCNC1.Cl. The molecule has 0 radical (unpaired) electrons. The molecular formula is C9H22ClN3O4S2. The number of nitrogens with one attached hydrogen (secondary N) is 2. The van der Waals surface area contributed by atoms with Gasteiger partial charge in [0.15, 0.2) is 0 Å². The van der Waals surface area contributed by atoms with Crippen LogP contribution in [-0.2, 0) is 20.0 Å². The second kappa shape index (κ2) is 7.75. The number of sulfonamides is 2. The molecule has 19 heavy (non-hydrogen) atoms. The molecule has 1 rings (SSSR count). The average molecular weight is 336 g/mol. The summed E-state index contributed by atoms with van der Waals surface area (Å²) in [5, 5.41) is 3.10. The van der Waals surface area contributed by atoms with Crippen LogP contribution in [0.3, 0.4) is 0 Å². The van der Waals surface area contributed by atoms with Gasteiger partial charge in [-0.3, -0.25) is 0 Å². The Labute approximate surface area is 121 Å². The Morgan fingerprint density at radius 2 is 1.95 bits per heavy atom. The zero-order valence-electron chi connectivity index (χ0n) is 11.1. The van der Waals surface area contributed by atoms with Gasteiger partial charge in [-0.25, -0.2) is 25.9 Å². The maximum Gasteiger partial charge on any atom is 0.215 e. The van der Waals surface area contributed by atoms with Crippen molar-refractivity contribution >= 4 is 32.5 Å². The van der Waals surface area contributed by atoms with Crippen molar-refractivity contribution in [2.24, 2.45) is 0 Å². The molecule has 0 aromatic heterocycles. The Kier molecular flexibility index (Phi) is 7.78. The number of rotatable bonds is 7. The first-order valence-electron chi connectivity index (χ1n) is 5.92. The minimum atomic E-state index is -3.41. The third-order valence-electron chi connectivity index (χ3n) is 3.05. The molecule has 1 unspecified atom stereocenters.